The van der Waals surface area contributed by atoms with Crippen LogP contribution in [-0.2, 0) is 12.8 Å². The molecule has 0 nitrogen and oxygen atoms in total. The van der Waals surface area contributed by atoms with Crippen LogP contribution in [0.4, 0.5) is 0 Å². The van der Waals surface area contributed by atoms with E-state index in [0.717, 1.165) is 19.3 Å². The van der Waals surface area contributed by atoms with Gasteiger partial charge in [-0.3, -0.25) is 0 Å². The fourth-order valence-electron chi connectivity index (χ4n) is 6.94. The van der Waals surface area contributed by atoms with E-state index < -0.39 is 0 Å². The minimum Gasteiger partial charge on any atom is -0.0995 e. The van der Waals surface area contributed by atoms with Gasteiger partial charge < -0.3 is 0 Å². The van der Waals surface area contributed by atoms with E-state index in [4.69, 9.17) is 13.2 Å². The van der Waals surface area contributed by atoms with Gasteiger partial charge in [0.15, 0.2) is 0 Å². The van der Waals surface area contributed by atoms with Crippen LogP contribution in [0.5, 0.6) is 0 Å². The lowest BCUT2D eigenvalue weighted by molar-refractivity contribution is 0.151. The van der Waals surface area contributed by atoms with Gasteiger partial charge in [-0.05, 0) is 65.2 Å². The first kappa shape index (κ1) is 22.0. The Morgan fingerprint density at radius 3 is 2.21 bits per heavy atom. The molecular formula is C33H36. The molecule has 1 fully saturated rings. The number of rotatable bonds is 4. The van der Waals surface area contributed by atoms with Gasteiger partial charge >= 0.3 is 0 Å². The monoisotopic (exact) mass is 432 g/mol. The summed E-state index contributed by atoms with van der Waals surface area (Å²) in [4.78, 5) is 0. The molecule has 4 unspecified atom stereocenters. The average molecular weight is 433 g/mol. The number of benzene rings is 3. The van der Waals surface area contributed by atoms with E-state index in [-0.39, 0.29) is 5.92 Å². The van der Waals surface area contributed by atoms with Crippen molar-refractivity contribution in [1.82, 2.24) is 0 Å². The van der Waals surface area contributed by atoms with Crippen molar-refractivity contribution in [2.75, 3.05) is 0 Å². The Balaban J connectivity index is 1.67. The second kappa shape index (κ2) is 8.82. The van der Waals surface area contributed by atoms with E-state index in [0.29, 0.717) is 23.2 Å². The first-order valence-corrected chi connectivity index (χ1v) is 12.4. The van der Waals surface area contributed by atoms with Crippen LogP contribution in [0.1, 0.15) is 60.8 Å². The summed E-state index contributed by atoms with van der Waals surface area (Å²) < 4.78 is 0. The lowest BCUT2D eigenvalue weighted by Crippen LogP contribution is -2.36. The summed E-state index contributed by atoms with van der Waals surface area (Å²) >= 11 is 0. The van der Waals surface area contributed by atoms with E-state index in [1.54, 1.807) is 0 Å². The molecule has 0 amide bonds. The topological polar surface area (TPSA) is 0 Å². The van der Waals surface area contributed by atoms with Crippen molar-refractivity contribution in [3.8, 4) is 0 Å². The van der Waals surface area contributed by atoms with Crippen LogP contribution >= 0.6 is 0 Å². The highest BCUT2D eigenvalue weighted by atomic mass is 14.5. The Morgan fingerprint density at radius 2 is 1.48 bits per heavy atom. The van der Waals surface area contributed by atoms with Crippen molar-refractivity contribution in [1.29, 1.82) is 0 Å². The Labute approximate surface area is 200 Å². The molecule has 0 aliphatic heterocycles. The summed E-state index contributed by atoms with van der Waals surface area (Å²) in [5, 5.41) is 0. The van der Waals surface area contributed by atoms with Crippen LogP contribution < -0.4 is 0 Å². The predicted octanol–water partition coefficient (Wildman–Crippen LogP) is 8.52. The van der Waals surface area contributed by atoms with Gasteiger partial charge in [-0.25, -0.2) is 0 Å². The van der Waals surface area contributed by atoms with E-state index in [2.05, 4.69) is 98.8 Å². The Hall–Kier alpha value is -2.86. The SMILES string of the molecule is C=C(Cc1ccccc1)C1c2ccccc2CC2CC(C)(C)CC(=C)C2C1c1ccccc1. The van der Waals surface area contributed by atoms with Gasteiger partial charge in [-0.2, -0.15) is 0 Å². The van der Waals surface area contributed by atoms with E-state index in [9.17, 15) is 0 Å². The number of hydrogen-bond donors (Lipinski definition) is 0. The van der Waals surface area contributed by atoms with Crippen LogP contribution in [0.3, 0.4) is 0 Å². The largest absolute Gasteiger partial charge is 0.0995 e. The number of fused-ring (bicyclic) bond motifs is 2. The molecule has 33 heavy (non-hydrogen) atoms. The first-order chi connectivity index (χ1) is 15.9. The molecule has 3 aromatic rings. The lowest BCUT2D eigenvalue weighted by atomic mass is 9.58. The third-order valence-corrected chi connectivity index (χ3v) is 8.02. The molecule has 0 spiro atoms. The van der Waals surface area contributed by atoms with Crippen molar-refractivity contribution in [3.05, 3.63) is 131 Å². The Bertz CT molecular complexity index is 1130. The minimum absolute atomic E-state index is 0.289. The van der Waals surface area contributed by atoms with E-state index in [1.165, 1.54) is 39.8 Å². The van der Waals surface area contributed by atoms with Crippen molar-refractivity contribution in [3.63, 3.8) is 0 Å². The normalized spacial score (nSPS) is 26.1. The van der Waals surface area contributed by atoms with Gasteiger partial charge in [0.2, 0.25) is 0 Å². The Morgan fingerprint density at radius 1 is 0.848 bits per heavy atom. The van der Waals surface area contributed by atoms with E-state index in [1.807, 2.05) is 0 Å². The third-order valence-electron chi connectivity index (χ3n) is 8.02. The molecular weight excluding hydrogens is 396 g/mol. The predicted molar refractivity (Wildman–Crippen MR) is 140 cm³/mol. The molecule has 0 heterocycles. The maximum atomic E-state index is 4.75. The highest BCUT2D eigenvalue weighted by Crippen LogP contribution is 2.58. The van der Waals surface area contributed by atoms with Crippen molar-refractivity contribution >= 4 is 0 Å². The van der Waals surface area contributed by atoms with Crippen LogP contribution in [0, 0.1) is 17.3 Å². The smallest absolute Gasteiger partial charge is 0.0126 e. The van der Waals surface area contributed by atoms with Crippen LogP contribution in [0.25, 0.3) is 0 Å². The molecule has 0 bridgehead atoms. The summed E-state index contributed by atoms with van der Waals surface area (Å²) in [6.45, 7) is 14.3. The molecule has 3 aromatic carbocycles. The lowest BCUT2D eigenvalue weighted by Gasteiger charge is -2.46. The third kappa shape index (κ3) is 4.36. The molecule has 0 radical (unpaired) electrons. The summed E-state index contributed by atoms with van der Waals surface area (Å²) in [5.74, 6) is 1.75. The molecule has 0 N–H and O–H groups in total. The number of allylic oxidation sites excluding steroid dienone is 2. The highest BCUT2D eigenvalue weighted by molar-refractivity contribution is 5.45. The van der Waals surface area contributed by atoms with Gasteiger partial charge in [-0.1, -0.05) is 123 Å². The molecule has 2 aliphatic carbocycles. The second-order valence-electron chi connectivity index (χ2n) is 11.1. The average Bonchev–Trinajstić information content (AvgIpc) is 2.94. The zero-order chi connectivity index (χ0) is 23.0. The summed E-state index contributed by atoms with van der Waals surface area (Å²) in [5.41, 5.74) is 8.84. The van der Waals surface area contributed by atoms with E-state index >= 15 is 0 Å². The molecule has 168 valence electrons. The fraction of sp³-hybridized carbons (Fsp3) is 0.333. The Kier molecular flexibility index (Phi) is 5.87. The molecule has 2 aliphatic rings. The standard InChI is InChI=1S/C33H36/c1-23(19-25-13-7-5-8-14-25)31-29-18-12-11-17-27(29)20-28-22-33(3,4)21-24(2)30(28)32(31)26-15-9-6-10-16-26/h5-18,28,30-32H,1-2,19-22H2,3-4H3. The second-order valence-corrected chi connectivity index (χ2v) is 11.1. The minimum atomic E-state index is 0.289. The van der Waals surface area contributed by atoms with Crippen LogP contribution in [0.15, 0.2) is 109 Å². The summed E-state index contributed by atoms with van der Waals surface area (Å²) in [7, 11) is 0. The number of hydrogen-bond acceptors (Lipinski definition) is 0. The molecule has 0 aromatic heterocycles. The summed E-state index contributed by atoms with van der Waals surface area (Å²) in [6, 6.07) is 31.2. The van der Waals surface area contributed by atoms with Gasteiger partial charge in [0.25, 0.3) is 0 Å². The molecule has 0 heteroatoms. The van der Waals surface area contributed by atoms with Crippen LogP contribution in [0.2, 0.25) is 0 Å². The van der Waals surface area contributed by atoms with Gasteiger partial charge in [0.05, 0.1) is 0 Å². The van der Waals surface area contributed by atoms with Crippen molar-refractivity contribution in [2.45, 2.75) is 51.4 Å². The maximum absolute atomic E-state index is 4.75. The highest BCUT2D eigenvalue weighted by Gasteiger charge is 2.47. The van der Waals surface area contributed by atoms with Crippen LogP contribution in [-0.4, -0.2) is 0 Å². The molecule has 4 atom stereocenters. The van der Waals surface area contributed by atoms with Crippen molar-refractivity contribution < 1.29 is 0 Å². The first-order valence-electron chi connectivity index (χ1n) is 12.4. The molecule has 0 saturated heterocycles. The van der Waals surface area contributed by atoms with Gasteiger partial charge in [-0.15, -0.1) is 0 Å². The van der Waals surface area contributed by atoms with Gasteiger partial charge in [0.1, 0.15) is 0 Å². The fourth-order valence-corrected chi connectivity index (χ4v) is 6.94. The maximum Gasteiger partial charge on any atom is 0.0126 e. The van der Waals surface area contributed by atoms with Gasteiger partial charge in [0, 0.05) is 11.8 Å². The zero-order valence-electron chi connectivity index (χ0n) is 20.1. The quantitative estimate of drug-likeness (QED) is 0.362. The molecule has 1 saturated carbocycles. The van der Waals surface area contributed by atoms with Crippen molar-refractivity contribution in [2.24, 2.45) is 17.3 Å². The zero-order valence-corrected chi connectivity index (χ0v) is 20.1. The summed E-state index contributed by atoms with van der Waals surface area (Å²) in [6.07, 6.45) is 4.43. The molecule has 5 rings (SSSR count).